The summed E-state index contributed by atoms with van der Waals surface area (Å²) < 4.78 is 23.6. The summed E-state index contributed by atoms with van der Waals surface area (Å²) in [4.78, 5) is 24.7. The molecule has 1 aromatic heterocycles. The average molecular weight is 452 g/mol. The number of rotatable bonds is 7. The lowest BCUT2D eigenvalue weighted by Gasteiger charge is -2.28. The Hall–Kier alpha value is -4.14. The third-order valence-corrected chi connectivity index (χ3v) is 5.70. The van der Waals surface area contributed by atoms with Crippen molar-refractivity contribution in [2.75, 3.05) is 33.8 Å². The smallest absolute Gasteiger partial charge is 0.339 e. The van der Waals surface area contributed by atoms with Gasteiger partial charge in [-0.25, -0.2) is 4.79 Å². The minimum absolute atomic E-state index is 0.00897. The van der Waals surface area contributed by atoms with Crippen molar-refractivity contribution in [1.82, 2.24) is 4.57 Å². The Balaban J connectivity index is 2.00. The van der Waals surface area contributed by atoms with Crippen molar-refractivity contribution in [2.45, 2.75) is 12.3 Å². The zero-order valence-corrected chi connectivity index (χ0v) is 18.7. The molecule has 172 valence electrons. The lowest BCUT2D eigenvalue weighted by Crippen LogP contribution is -2.26. The Labute approximate surface area is 190 Å². The number of carboxylic acids is 1. The number of carbonyl (C=O) groups excluding carboxylic acids is 1. The summed E-state index contributed by atoms with van der Waals surface area (Å²) in [7, 11) is 6.13. The standard InChI is InChI=1S/C24H24N2O7/c1-30-14-7-5-6-13(8-14)26-12-17(24(28)29)22-23(26)16(10-21(27)25-22)15-9-19(32-3)20(33-4)11-18(15)31-2/h5-9,11-12,16H,10H2,1-4H3,(H,25,27)(H,28,29)/t16-/m0/s1. The van der Waals surface area contributed by atoms with Crippen LogP contribution in [0.1, 0.15) is 34.0 Å². The highest BCUT2D eigenvalue weighted by molar-refractivity contribution is 6.04. The third kappa shape index (κ3) is 3.82. The molecule has 2 heterocycles. The van der Waals surface area contributed by atoms with Gasteiger partial charge in [-0.15, -0.1) is 0 Å². The fraction of sp³-hybridized carbons (Fsp3) is 0.250. The van der Waals surface area contributed by atoms with Crippen molar-refractivity contribution >= 4 is 17.6 Å². The fourth-order valence-corrected chi connectivity index (χ4v) is 4.19. The largest absolute Gasteiger partial charge is 0.497 e. The van der Waals surface area contributed by atoms with Crippen molar-refractivity contribution in [3.8, 4) is 28.7 Å². The number of hydrogen-bond acceptors (Lipinski definition) is 6. The third-order valence-electron chi connectivity index (χ3n) is 5.70. The van der Waals surface area contributed by atoms with E-state index in [0.29, 0.717) is 39.9 Å². The number of nitrogens with one attached hydrogen (secondary N) is 1. The number of benzene rings is 2. The Bertz CT molecular complexity index is 1230. The molecule has 4 rings (SSSR count). The highest BCUT2D eigenvalue weighted by Gasteiger charge is 2.36. The van der Waals surface area contributed by atoms with Gasteiger partial charge in [0.1, 0.15) is 17.1 Å². The number of carboxylic acid groups (broad SMARTS) is 1. The maximum absolute atomic E-state index is 12.7. The number of anilines is 1. The number of aromatic carboxylic acids is 1. The number of hydrogen-bond donors (Lipinski definition) is 2. The van der Waals surface area contributed by atoms with E-state index in [-0.39, 0.29) is 23.6 Å². The molecular weight excluding hydrogens is 428 g/mol. The Morgan fingerprint density at radius 3 is 2.33 bits per heavy atom. The predicted molar refractivity (Wildman–Crippen MR) is 120 cm³/mol. The second-order valence-corrected chi connectivity index (χ2v) is 7.43. The number of fused-ring (bicyclic) bond motifs is 1. The maximum atomic E-state index is 12.7. The van der Waals surface area contributed by atoms with Crippen LogP contribution in [-0.2, 0) is 4.79 Å². The van der Waals surface area contributed by atoms with Crippen molar-refractivity contribution in [1.29, 1.82) is 0 Å². The van der Waals surface area contributed by atoms with Gasteiger partial charge in [0.2, 0.25) is 5.91 Å². The van der Waals surface area contributed by atoms with Crippen LogP contribution in [0.4, 0.5) is 5.69 Å². The minimum Gasteiger partial charge on any atom is -0.497 e. The van der Waals surface area contributed by atoms with Crippen LogP contribution in [0, 0.1) is 0 Å². The highest BCUT2D eigenvalue weighted by atomic mass is 16.5. The van der Waals surface area contributed by atoms with Gasteiger partial charge >= 0.3 is 5.97 Å². The zero-order chi connectivity index (χ0) is 23.7. The van der Waals surface area contributed by atoms with Crippen LogP contribution in [-0.4, -0.2) is 50.0 Å². The van der Waals surface area contributed by atoms with E-state index in [4.69, 9.17) is 18.9 Å². The number of aromatic nitrogens is 1. The summed E-state index contributed by atoms with van der Waals surface area (Å²) in [5.74, 6) is 0.110. The molecular formula is C24H24N2O7. The van der Waals surface area contributed by atoms with Crippen LogP contribution < -0.4 is 24.3 Å². The molecule has 0 fully saturated rings. The molecule has 0 aliphatic carbocycles. The number of methoxy groups -OCH3 is 4. The van der Waals surface area contributed by atoms with Gasteiger partial charge in [0.05, 0.1) is 39.8 Å². The van der Waals surface area contributed by atoms with Crippen LogP contribution in [0.2, 0.25) is 0 Å². The van der Waals surface area contributed by atoms with E-state index in [0.717, 1.165) is 0 Å². The Morgan fingerprint density at radius 1 is 1.00 bits per heavy atom. The van der Waals surface area contributed by atoms with Gasteiger partial charge in [-0.05, 0) is 18.2 Å². The second-order valence-electron chi connectivity index (χ2n) is 7.43. The van der Waals surface area contributed by atoms with Gasteiger partial charge in [-0.1, -0.05) is 6.07 Å². The first-order chi connectivity index (χ1) is 15.9. The van der Waals surface area contributed by atoms with E-state index in [9.17, 15) is 14.7 Å². The minimum atomic E-state index is -1.15. The fourth-order valence-electron chi connectivity index (χ4n) is 4.19. The van der Waals surface area contributed by atoms with Crippen LogP contribution in [0.25, 0.3) is 5.69 Å². The number of carbonyl (C=O) groups is 2. The van der Waals surface area contributed by atoms with E-state index in [1.165, 1.54) is 27.5 Å². The second kappa shape index (κ2) is 8.78. The molecule has 0 bridgehead atoms. The van der Waals surface area contributed by atoms with Crippen molar-refractivity contribution in [2.24, 2.45) is 0 Å². The van der Waals surface area contributed by atoms with Crippen molar-refractivity contribution in [3.63, 3.8) is 0 Å². The molecule has 0 radical (unpaired) electrons. The van der Waals surface area contributed by atoms with Gasteiger partial charge in [-0.2, -0.15) is 0 Å². The first-order valence-corrected chi connectivity index (χ1v) is 10.1. The highest BCUT2D eigenvalue weighted by Crippen LogP contribution is 2.47. The van der Waals surface area contributed by atoms with E-state index in [1.807, 2.05) is 12.1 Å². The molecule has 9 nitrogen and oxygen atoms in total. The molecule has 1 atom stereocenters. The molecule has 33 heavy (non-hydrogen) atoms. The molecule has 1 amide bonds. The molecule has 1 aliphatic rings. The number of amides is 1. The molecule has 0 spiro atoms. The van der Waals surface area contributed by atoms with Gasteiger partial charge in [0.15, 0.2) is 11.5 Å². The van der Waals surface area contributed by atoms with Gasteiger partial charge in [-0.3, -0.25) is 4.79 Å². The monoisotopic (exact) mass is 452 g/mol. The van der Waals surface area contributed by atoms with E-state index >= 15 is 0 Å². The summed E-state index contributed by atoms with van der Waals surface area (Å²) in [5.41, 5.74) is 2.23. The van der Waals surface area contributed by atoms with E-state index in [1.54, 1.807) is 35.9 Å². The molecule has 9 heteroatoms. The zero-order valence-electron chi connectivity index (χ0n) is 18.7. The summed E-state index contributed by atoms with van der Waals surface area (Å²) in [6.45, 7) is 0. The molecule has 2 aromatic carbocycles. The van der Waals surface area contributed by atoms with Crippen molar-refractivity contribution in [3.05, 3.63) is 59.4 Å². The topological polar surface area (TPSA) is 108 Å². The van der Waals surface area contributed by atoms with E-state index < -0.39 is 11.9 Å². The Kier molecular flexibility index (Phi) is 5.87. The van der Waals surface area contributed by atoms with Crippen molar-refractivity contribution < 1.29 is 33.6 Å². The van der Waals surface area contributed by atoms with Gasteiger partial charge < -0.3 is 33.9 Å². The summed E-state index contributed by atoms with van der Waals surface area (Å²) in [5, 5.41) is 12.6. The molecule has 0 saturated carbocycles. The van der Waals surface area contributed by atoms with Crippen LogP contribution in [0.15, 0.2) is 42.6 Å². The van der Waals surface area contributed by atoms with Crippen LogP contribution in [0.3, 0.4) is 0 Å². The quantitative estimate of drug-likeness (QED) is 0.563. The normalized spacial score (nSPS) is 14.8. The number of ether oxygens (including phenoxy) is 4. The van der Waals surface area contributed by atoms with Crippen LogP contribution >= 0.6 is 0 Å². The van der Waals surface area contributed by atoms with Crippen LogP contribution in [0.5, 0.6) is 23.0 Å². The molecule has 2 N–H and O–H groups in total. The SMILES string of the molecule is COc1cccc(-n2cc(C(=O)O)c3c2[C@H](c2cc(OC)c(OC)cc2OC)CC(=O)N3)c1. The van der Waals surface area contributed by atoms with Gasteiger partial charge in [0, 0.05) is 41.9 Å². The maximum Gasteiger partial charge on any atom is 0.339 e. The Morgan fingerprint density at radius 2 is 1.70 bits per heavy atom. The molecule has 1 aliphatic heterocycles. The first kappa shape index (κ1) is 22.1. The summed E-state index contributed by atoms with van der Waals surface area (Å²) in [6, 6.07) is 10.7. The predicted octanol–water partition coefficient (Wildman–Crippen LogP) is 3.68. The summed E-state index contributed by atoms with van der Waals surface area (Å²) in [6.07, 6.45) is 1.60. The molecule has 3 aromatic rings. The lowest BCUT2D eigenvalue weighted by atomic mass is 9.87. The lowest BCUT2D eigenvalue weighted by molar-refractivity contribution is -0.116. The first-order valence-electron chi connectivity index (χ1n) is 10.1. The number of nitrogens with zero attached hydrogens (tertiary/aromatic N) is 1. The molecule has 0 unspecified atom stereocenters. The summed E-state index contributed by atoms with van der Waals surface area (Å²) >= 11 is 0. The van der Waals surface area contributed by atoms with Gasteiger partial charge in [0.25, 0.3) is 0 Å². The molecule has 0 saturated heterocycles. The van der Waals surface area contributed by atoms with E-state index in [2.05, 4.69) is 5.32 Å². The average Bonchev–Trinajstić information content (AvgIpc) is 3.22.